The number of ether oxygens (including phenoxy) is 1. The lowest BCUT2D eigenvalue weighted by Crippen LogP contribution is -2.34. The summed E-state index contributed by atoms with van der Waals surface area (Å²) in [4.78, 5) is 0. The first-order chi connectivity index (χ1) is 8.69. The molecule has 2 nitrogen and oxygen atoms in total. The van der Waals surface area contributed by atoms with Crippen LogP contribution < -0.4 is 10.5 Å². The van der Waals surface area contributed by atoms with E-state index in [0.29, 0.717) is 12.3 Å². The fraction of sp³-hybridized carbons (Fsp3) is 0.600. The summed E-state index contributed by atoms with van der Waals surface area (Å²) in [6.45, 7) is 0.695. The average molecular weight is 251 g/mol. The average Bonchev–Trinajstić information content (AvgIpc) is 2.40. The largest absolute Gasteiger partial charge is 0.494 e. The maximum Gasteiger partial charge on any atom is 0.165 e. The van der Waals surface area contributed by atoms with Crippen LogP contribution in [0.3, 0.4) is 0 Å². The molecule has 3 heteroatoms. The van der Waals surface area contributed by atoms with Crippen LogP contribution in [0.15, 0.2) is 18.2 Å². The van der Waals surface area contributed by atoms with Gasteiger partial charge in [-0.3, -0.25) is 0 Å². The van der Waals surface area contributed by atoms with Crippen molar-refractivity contribution in [3.63, 3.8) is 0 Å². The molecule has 1 aromatic rings. The Hall–Kier alpha value is -1.09. The van der Waals surface area contributed by atoms with Gasteiger partial charge in [0.1, 0.15) is 0 Å². The molecule has 1 aromatic carbocycles. The van der Waals surface area contributed by atoms with E-state index in [-0.39, 0.29) is 11.2 Å². The van der Waals surface area contributed by atoms with E-state index in [4.69, 9.17) is 10.5 Å². The van der Waals surface area contributed by atoms with Gasteiger partial charge in [0.2, 0.25) is 0 Å². The summed E-state index contributed by atoms with van der Waals surface area (Å²) in [6.07, 6.45) is 7.00. The Bertz CT molecular complexity index is 399. The third kappa shape index (κ3) is 2.83. The van der Waals surface area contributed by atoms with Gasteiger partial charge >= 0.3 is 0 Å². The normalized spacial score (nSPS) is 18.6. The van der Waals surface area contributed by atoms with Crippen molar-refractivity contribution in [3.05, 3.63) is 29.6 Å². The van der Waals surface area contributed by atoms with E-state index in [9.17, 15) is 4.39 Å². The van der Waals surface area contributed by atoms with Gasteiger partial charge in [0.25, 0.3) is 0 Å². The van der Waals surface area contributed by atoms with Crippen LogP contribution in [0.5, 0.6) is 5.75 Å². The Morgan fingerprint density at radius 1 is 1.28 bits per heavy atom. The Labute approximate surface area is 108 Å². The van der Waals surface area contributed by atoms with Crippen LogP contribution in [0.1, 0.15) is 37.7 Å². The molecule has 1 aliphatic carbocycles. The number of rotatable bonds is 4. The van der Waals surface area contributed by atoms with Gasteiger partial charge < -0.3 is 10.5 Å². The lowest BCUT2D eigenvalue weighted by molar-refractivity contribution is 0.197. The van der Waals surface area contributed by atoms with Crippen molar-refractivity contribution >= 4 is 0 Å². The fourth-order valence-electron chi connectivity index (χ4n) is 3.01. The molecular formula is C15H22FNO. The van der Waals surface area contributed by atoms with Crippen molar-refractivity contribution < 1.29 is 9.13 Å². The molecule has 0 heterocycles. The zero-order chi connectivity index (χ0) is 13.0. The molecule has 2 rings (SSSR count). The standard InChI is InChI=1S/C15H22FNO/c1-18-14-6-5-12(9-13(14)16)10-15(11-17)7-3-2-4-8-15/h5-6,9H,2-4,7-8,10-11,17H2,1H3. The second-order valence-corrected chi connectivity index (χ2v) is 5.41. The summed E-state index contributed by atoms with van der Waals surface area (Å²) in [7, 11) is 1.49. The van der Waals surface area contributed by atoms with Gasteiger partial charge in [-0.25, -0.2) is 4.39 Å². The third-order valence-corrected chi connectivity index (χ3v) is 4.14. The molecule has 0 bridgehead atoms. The zero-order valence-corrected chi connectivity index (χ0v) is 11.0. The van der Waals surface area contributed by atoms with E-state index < -0.39 is 0 Å². The molecule has 0 spiro atoms. The summed E-state index contributed by atoms with van der Waals surface area (Å²) in [5.74, 6) is 0.0298. The zero-order valence-electron chi connectivity index (χ0n) is 11.0. The van der Waals surface area contributed by atoms with Gasteiger partial charge in [0.15, 0.2) is 11.6 Å². The lowest BCUT2D eigenvalue weighted by atomic mass is 9.70. The predicted molar refractivity (Wildman–Crippen MR) is 71.2 cm³/mol. The molecule has 100 valence electrons. The molecule has 0 aromatic heterocycles. The van der Waals surface area contributed by atoms with Crippen LogP contribution in [-0.2, 0) is 6.42 Å². The summed E-state index contributed by atoms with van der Waals surface area (Å²) < 4.78 is 18.6. The molecule has 18 heavy (non-hydrogen) atoms. The van der Waals surface area contributed by atoms with Gasteiger partial charge in [0.05, 0.1) is 7.11 Å². The second-order valence-electron chi connectivity index (χ2n) is 5.41. The van der Waals surface area contributed by atoms with E-state index in [1.165, 1.54) is 26.4 Å². The number of nitrogens with two attached hydrogens (primary N) is 1. The monoisotopic (exact) mass is 251 g/mol. The highest BCUT2D eigenvalue weighted by atomic mass is 19.1. The minimum absolute atomic E-state index is 0.180. The van der Waals surface area contributed by atoms with E-state index in [0.717, 1.165) is 24.8 Å². The number of halogens is 1. The summed E-state index contributed by atoms with van der Waals surface area (Å²) in [5, 5.41) is 0. The molecule has 0 atom stereocenters. The van der Waals surface area contributed by atoms with E-state index in [1.807, 2.05) is 6.07 Å². The molecule has 1 saturated carbocycles. The summed E-state index contributed by atoms with van der Waals surface area (Å²) >= 11 is 0. The van der Waals surface area contributed by atoms with Crippen LogP contribution in [0.4, 0.5) is 4.39 Å². The number of benzene rings is 1. The van der Waals surface area contributed by atoms with Crippen molar-refractivity contribution in [1.29, 1.82) is 0 Å². The first-order valence-electron chi connectivity index (χ1n) is 6.72. The molecular weight excluding hydrogens is 229 g/mol. The highest BCUT2D eigenvalue weighted by molar-refractivity contribution is 5.30. The molecule has 0 unspecified atom stereocenters. The molecule has 0 aliphatic heterocycles. The van der Waals surface area contributed by atoms with E-state index in [2.05, 4.69) is 0 Å². The Kier molecular flexibility index (Phi) is 4.23. The first-order valence-corrected chi connectivity index (χ1v) is 6.72. The Morgan fingerprint density at radius 2 is 2.00 bits per heavy atom. The topological polar surface area (TPSA) is 35.2 Å². The van der Waals surface area contributed by atoms with Crippen LogP contribution in [-0.4, -0.2) is 13.7 Å². The van der Waals surface area contributed by atoms with E-state index in [1.54, 1.807) is 12.1 Å². The highest BCUT2D eigenvalue weighted by Crippen LogP contribution is 2.38. The van der Waals surface area contributed by atoms with Crippen LogP contribution in [0.25, 0.3) is 0 Å². The minimum atomic E-state index is -0.280. The van der Waals surface area contributed by atoms with Crippen LogP contribution >= 0.6 is 0 Å². The van der Waals surface area contributed by atoms with Gasteiger partial charge in [-0.15, -0.1) is 0 Å². The van der Waals surface area contributed by atoms with Crippen molar-refractivity contribution in [3.8, 4) is 5.75 Å². The molecule has 0 radical (unpaired) electrons. The van der Waals surface area contributed by atoms with Gasteiger partial charge in [-0.05, 0) is 48.9 Å². The molecule has 1 aliphatic rings. The molecule has 1 fully saturated rings. The Morgan fingerprint density at radius 3 is 2.56 bits per heavy atom. The maximum atomic E-state index is 13.7. The highest BCUT2D eigenvalue weighted by Gasteiger charge is 2.30. The second kappa shape index (κ2) is 5.70. The number of hydrogen-bond donors (Lipinski definition) is 1. The van der Waals surface area contributed by atoms with E-state index >= 15 is 0 Å². The van der Waals surface area contributed by atoms with Gasteiger partial charge in [0, 0.05) is 0 Å². The maximum absolute atomic E-state index is 13.7. The molecule has 0 saturated heterocycles. The van der Waals surface area contributed by atoms with Gasteiger partial charge in [-0.2, -0.15) is 0 Å². The van der Waals surface area contributed by atoms with Crippen molar-refractivity contribution in [1.82, 2.24) is 0 Å². The van der Waals surface area contributed by atoms with Crippen molar-refractivity contribution in [2.75, 3.05) is 13.7 Å². The third-order valence-electron chi connectivity index (χ3n) is 4.14. The quantitative estimate of drug-likeness (QED) is 0.891. The Balaban J connectivity index is 2.14. The number of hydrogen-bond acceptors (Lipinski definition) is 2. The minimum Gasteiger partial charge on any atom is -0.494 e. The number of methoxy groups -OCH3 is 1. The fourth-order valence-corrected chi connectivity index (χ4v) is 3.01. The van der Waals surface area contributed by atoms with Crippen molar-refractivity contribution in [2.24, 2.45) is 11.1 Å². The SMILES string of the molecule is COc1ccc(CC2(CN)CCCCC2)cc1F. The smallest absolute Gasteiger partial charge is 0.165 e. The first kappa shape index (κ1) is 13.3. The lowest BCUT2D eigenvalue weighted by Gasteiger charge is -2.36. The molecule has 2 N–H and O–H groups in total. The van der Waals surface area contributed by atoms with Crippen LogP contribution in [0.2, 0.25) is 0 Å². The summed E-state index contributed by atoms with van der Waals surface area (Å²) in [5.41, 5.74) is 7.17. The van der Waals surface area contributed by atoms with Crippen molar-refractivity contribution in [2.45, 2.75) is 38.5 Å². The summed E-state index contributed by atoms with van der Waals surface area (Å²) in [6, 6.07) is 5.25. The van der Waals surface area contributed by atoms with Crippen LogP contribution in [0, 0.1) is 11.2 Å². The predicted octanol–water partition coefficient (Wildman–Crippen LogP) is 3.29. The molecule has 0 amide bonds. The van der Waals surface area contributed by atoms with Gasteiger partial charge in [-0.1, -0.05) is 25.3 Å².